The van der Waals surface area contributed by atoms with Crippen LogP contribution in [0.25, 0.3) is 88.1 Å². The van der Waals surface area contributed by atoms with Crippen molar-refractivity contribution >= 4 is 117 Å². The molecule has 3 heterocycles. The molecule has 0 aliphatic heterocycles. The van der Waals surface area contributed by atoms with Crippen LogP contribution in [-0.4, -0.2) is 0 Å². The summed E-state index contributed by atoms with van der Waals surface area (Å²) in [6.07, 6.45) is 0. The fourth-order valence-corrected chi connectivity index (χ4v) is 11.3. The molecule has 0 spiro atoms. The van der Waals surface area contributed by atoms with E-state index in [0.717, 1.165) is 139 Å². The number of para-hydroxylation sites is 6. The molecule has 6 heteroatoms. The maximum absolute atomic E-state index is 6.39. The van der Waals surface area contributed by atoms with Crippen LogP contribution in [0.5, 0.6) is 0 Å². The molecule has 0 saturated carbocycles. The van der Waals surface area contributed by atoms with E-state index in [1.54, 1.807) is 0 Å². The molecule has 0 saturated heterocycles. The first-order valence-electron chi connectivity index (χ1n) is 26.3. The predicted molar refractivity (Wildman–Crippen MR) is 323 cm³/mol. The first-order valence-corrected chi connectivity index (χ1v) is 26.3. The highest BCUT2D eigenvalue weighted by Crippen LogP contribution is 2.47. The summed E-state index contributed by atoms with van der Waals surface area (Å²) < 4.78 is 18.8. The van der Waals surface area contributed by atoms with Crippen LogP contribution in [0.4, 0.5) is 51.2 Å². The van der Waals surface area contributed by atoms with Gasteiger partial charge in [-0.25, -0.2) is 0 Å². The molecule has 368 valence electrons. The third-order valence-electron chi connectivity index (χ3n) is 15.0. The van der Waals surface area contributed by atoms with Crippen LogP contribution in [0.2, 0.25) is 0 Å². The molecule has 0 radical (unpaired) electrons. The number of fused-ring (bicyclic) bond motifs is 9. The second-order valence-corrected chi connectivity index (χ2v) is 19.7. The zero-order valence-corrected chi connectivity index (χ0v) is 42.2. The monoisotopic (exact) mass is 1000 g/mol. The fraction of sp³-hybridized carbons (Fsp3) is 0. The van der Waals surface area contributed by atoms with Crippen molar-refractivity contribution in [2.45, 2.75) is 0 Å². The van der Waals surface area contributed by atoms with Crippen molar-refractivity contribution < 1.29 is 13.3 Å². The molecule has 0 aliphatic carbocycles. The number of benzene rings is 12. The van der Waals surface area contributed by atoms with Crippen LogP contribution in [-0.2, 0) is 0 Å². The van der Waals surface area contributed by atoms with Gasteiger partial charge >= 0.3 is 0 Å². The van der Waals surface area contributed by atoms with Crippen molar-refractivity contribution in [2.75, 3.05) is 14.7 Å². The number of nitrogens with zero attached hydrogens (tertiary/aromatic N) is 3. The zero-order chi connectivity index (χ0) is 51.5. The van der Waals surface area contributed by atoms with Crippen molar-refractivity contribution in [3.05, 3.63) is 285 Å². The fourth-order valence-electron chi connectivity index (χ4n) is 11.3. The average molecular weight is 1000 g/mol. The smallest absolute Gasteiger partial charge is 0.135 e. The molecular weight excluding hydrogens is 955 g/mol. The van der Waals surface area contributed by atoms with Gasteiger partial charge < -0.3 is 28.0 Å². The summed E-state index contributed by atoms with van der Waals surface area (Å²) in [7, 11) is 0. The Labute approximate surface area is 450 Å². The third kappa shape index (κ3) is 7.90. The van der Waals surface area contributed by atoms with E-state index in [1.807, 2.05) is 36.4 Å². The zero-order valence-electron chi connectivity index (χ0n) is 42.2. The van der Waals surface area contributed by atoms with Crippen LogP contribution in [0.3, 0.4) is 0 Å². The molecule has 6 nitrogen and oxygen atoms in total. The van der Waals surface area contributed by atoms with Gasteiger partial charge in [0.25, 0.3) is 0 Å². The normalized spacial score (nSPS) is 11.6. The lowest BCUT2D eigenvalue weighted by Crippen LogP contribution is -2.16. The number of anilines is 9. The van der Waals surface area contributed by atoms with E-state index in [9.17, 15) is 0 Å². The van der Waals surface area contributed by atoms with Gasteiger partial charge in [0.05, 0.1) is 17.1 Å². The van der Waals surface area contributed by atoms with E-state index in [2.05, 4.69) is 263 Å². The van der Waals surface area contributed by atoms with E-state index < -0.39 is 0 Å². The molecule has 0 atom stereocenters. The lowest BCUT2D eigenvalue weighted by atomic mass is 10.0. The Kier molecular flexibility index (Phi) is 10.7. The third-order valence-corrected chi connectivity index (χ3v) is 15.0. The Bertz CT molecular complexity index is 4460. The van der Waals surface area contributed by atoms with Gasteiger partial charge in [-0.15, -0.1) is 0 Å². The molecule has 0 N–H and O–H groups in total. The Morgan fingerprint density at radius 3 is 0.821 bits per heavy atom. The van der Waals surface area contributed by atoms with Crippen molar-refractivity contribution in [2.24, 2.45) is 0 Å². The summed E-state index contributed by atoms with van der Waals surface area (Å²) in [5.74, 6) is 0. The van der Waals surface area contributed by atoms with Gasteiger partial charge in [0.1, 0.15) is 33.5 Å². The molecule has 3 aromatic heterocycles. The van der Waals surface area contributed by atoms with Crippen LogP contribution in [0, 0.1) is 0 Å². The lowest BCUT2D eigenvalue weighted by Gasteiger charge is -2.33. The van der Waals surface area contributed by atoms with Gasteiger partial charge in [-0.1, -0.05) is 146 Å². The van der Waals surface area contributed by atoms with Gasteiger partial charge in [-0.05, 0) is 162 Å². The van der Waals surface area contributed by atoms with Crippen LogP contribution >= 0.6 is 0 Å². The Balaban J connectivity index is 0.919. The van der Waals surface area contributed by atoms with E-state index in [0.29, 0.717) is 0 Å². The molecule has 0 fully saturated rings. The Morgan fingerprint density at radius 2 is 0.436 bits per heavy atom. The Morgan fingerprint density at radius 1 is 0.167 bits per heavy atom. The molecule has 0 unspecified atom stereocenters. The van der Waals surface area contributed by atoms with Crippen molar-refractivity contribution in [1.82, 2.24) is 0 Å². The molecule has 78 heavy (non-hydrogen) atoms. The number of furan rings is 3. The quantitative estimate of drug-likeness (QED) is 0.129. The highest BCUT2D eigenvalue weighted by Gasteiger charge is 2.24. The molecule has 12 aromatic carbocycles. The summed E-state index contributed by atoms with van der Waals surface area (Å²) in [5.41, 5.74) is 18.7. The maximum atomic E-state index is 6.39. The van der Waals surface area contributed by atoms with E-state index in [-0.39, 0.29) is 0 Å². The molecule has 0 bridgehead atoms. The van der Waals surface area contributed by atoms with Gasteiger partial charge in [0.2, 0.25) is 0 Å². The predicted octanol–water partition coefficient (Wildman–Crippen LogP) is 21.1. The Hall–Kier alpha value is -10.6. The lowest BCUT2D eigenvalue weighted by molar-refractivity contribution is 0.668. The largest absolute Gasteiger partial charge is 0.456 e. The van der Waals surface area contributed by atoms with Crippen molar-refractivity contribution in [3.8, 4) is 22.3 Å². The highest BCUT2D eigenvalue weighted by molar-refractivity contribution is 6.09. The van der Waals surface area contributed by atoms with Gasteiger partial charge in [0.15, 0.2) is 0 Å². The summed E-state index contributed by atoms with van der Waals surface area (Å²) >= 11 is 0. The van der Waals surface area contributed by atoms with E-state index in [1.165, 1.54) is 0 Å². The highest BCUT2D eigenvalue weighted by atomic mass is 16.3. The first-order chi connectivity index (χ1) is 38.6. The minimum atomic E-state index is 0.843. The number of hydrogen-bond acceptors (Lipinski definition) is 6. The standard InChI is InChI=1S/C72H47N3O3/c1-4-16-52(17-5-1)73(55-34-28-48(29-35-55)50-32-39-70-64(42-50)61-22-10-13-25-67(61)76-70)58-44-59(46-60(45-58)75(54-20-8-3-9-21-54)57-38-41-72-66(47-57)63-24-12-15-27-69(63)78-72)74(53-18-6-2-7-19-53)56-36-30-49(31-37-56)51-33-40-71-65(43-51)62-23-11-14-26-68(62)77-71/h1-47H. The van der Waals surface area contributed by atoms with Crippen LogP contribution in [0.1, 0.15) is 0 Å². The second-order valence-electron chi connectivity index (χ2n) is 19.7. The minimum Gasteiger partial charge on any atom is -0.456 e. The molecule has 0 amide bonds. The first kappa shape index (κ1) is 44.9. The summed E-state index contributed by atoms with van der Waals surface area (Å²) in [6.45, 7) is 0. The molecule has 15 rings (SSSR count). The molecule has 15 aromatic rings. The maximum Gasteiger partial charge on any atom is 0.135 e. The molecule has 0 aliphatic rings. The van der Waals surface area contributed by atoms with Gasteiger partial charge in [0, 0.05) is 66.4 Å². The average Bonchev–Trinajstić information content (AvgIpc) is 4.32. The minimum absolute atomic E-state index is 0.843. The van der Waals surface area contributed by atoms with Gasteiger partial charge in [-0.3, -0.25) is 0 Å². The van der Waals surface area contributed by atoms with Crippen molar-refractivity contribution in [3.63, 3.8) is 0 Å². The second kappa shape index (κ2) is 18.7. The van der Waals surface area contributed by atoms with Gasteiger partial charge in [-0.2, -0.15) is 0 Å². The topological polar surface area (TPSA) is 49.1 Å². The van der Waals surface area contributed by atoms with Crippen molar-refractivity contribution in [1.29, 1.82) is 0 Å². The summed E-state index contributed by atoms with van der Waals surface area (Å²) in [4.78, 5) is 7.08. The summed E-state index contributed by atoms with van der Waals surface area (Å²) in [6, 6.07) is 101. The van der Waals surface area contributed by atoms with Crippen LogP contribution in [0.15, 0.2) is 298 Å². The summed E-state index contributed by atoms with van der Waals surface area (Å²) in [5, 5.41) is 6.56. The molecular formula is C72H47N3O3. The SMILES string of the molecule is c1ccc(N(c2ccc(-c3ccc4oc5ccccc5c4c3)cc2)c2cc(N(c3ccccc3)c3ccc(-c4ccc5oc6ccccc6c5c4)cc3)cc(N(c3ccccc3)c3ccc4oc5ccccc5c4c3)c2)cc1. The van der Waals surface area contributed by atoms with Crippen LogP contribution < -0.4 is 14.7 Å². The number of hydrogen-bond donors (Lipinski definition) is 0. The van der Waals surface area contributed by atoms with E-state index >= 15 is 0 Å². The number of rotatable bonds is 11. The van der Waals surface area contributed by atoms with E-state index in [4.69, 9.17) is 13.3 Å².